The number of benzene rings is 1. The topological polar surface area (TPSA) is 21.3 Å². The summed E-state index contributed by atoms with van der Waals surface area (Å²) in [4.78, 5) is 0. The summed E-state index contributed by atoms with van der Waals surface area (Å²) in [6, 6.07) is 8.73. The maximum atomic E-state index is 4.98. The molecule has 1 aromatic rings. The van der Waals surface area contributed by atoms with E-state index < -0.39 is 0 Å². The Labute approximate surface area is 93.8 Å². The minimum absolute atomic E-state index is 0.373. The van der Waals surface area contributed by atoms with Crippen molar-refractivity contribution in [3.05, 3.63) is 34.3 Å². The molecule has 0 aliphatic rings. The van der Waals surface area contributed by atoms with Gasteiger partial charge in [-0.15, -0.1) is 0 Å². The molecule has 1 rings (SSSR count). The van der Waals surface area contributed by atoms with E-state index in [0.717, 1.165) is 17.6 Å². The van der Waals surface area contributed by atoms with Crippen LogP contribution in [0.2, 0.25) is 0 Å². The monoisotopic (exact) mass is 257 g/mol. The molecule has 1 N–H and O–H groups in total. The van der Waals surface area contributed by atoms with Crippen molar-refractivity contribution < 1.29 is 4.74 Å². The molecular weight excluding hydrogens is 242 g/mol. The lowest BCUT2D eigenvalue weighted by Gasteiger charge is -2.13. The molecule has 0 saturated carbocycles. The minimum Gasteiger partial charge on any atom is -0.383 e. The molecule has 1 atom stereocenters. The third-order valence-corrected chi connectivity index (χ3v) is 2.66. The van der Waals surface area contributed by atoms with Crippen LogP contribution in [0, 0.1) is 0 Å². The molecule has 0 radical (unpaired) electrons. The second-order valence-corrected chi connectivity index (χ2v) is 4.14. The zero-order valence-corrected chi connectivity index (χ0v) is 10.2. The Morgan fingerprint density at radius 2 is 2.00 bits per heavy atom. The minimum atomic E-state index is 0.373. The van der Waals surface area contributed by atoms with Gasteiger partial charge in [0, 0.05) is 24.2 Å². The molecule has 2 nitrogen and oxygen atoms in total. The van der Waals surface area contributed by atoms with E-state index >= 15 is 0 Å². The Kier molecular flexibility index (Phi) is 5.15. The van der Waals surface area contributed by atoms with Crippen LogP contribution in [0.4, 0.5) is 0 Å². The first-order valence-electron chi connectivity index (χ1n) is 4.72. The van der Waals surface area contributed by atoms with Crippen molar-refractivity contribution in [2.45, 2.75) is 13.0 Å². The van der Waals surface area contributed by atoms with Gasteiger partial charge in [-0.2, -0.15) is 0 Å². The lowest BCUT2D eigenvalue weighted by Crippen LogP contribution is -2.22. The zero-order chi connectivity index (χ0) is 10.4. The van der Waals surface area contributed by atoms with Crippen molar-refractivity contribution in [1.82, 2.24) is 5.32 Å². The van der Waals surface area contributed by atoms with Gasteiger partial charge in [0.05, 0.1) is 6.61 Å². The van der Waals surface area contributed by atoms with Gasteiger partial charge >= 0.3 is 0 Å². The van der Waals surface area contributed by atoms with E-state index in [9.17, 15) is 0 Å². The van der Waals surface area contributed by atoms with Crippen LogP contribution in [0.5, 0.6) is 0 Å². The zero-order valence-electron chi connectivity index (χ0n) is 8.59. The lowest BCUT2D eigenvalue weighted by molar-refractivity contribution is 0.196. The Balaban J connectivity index is 2.43. The van der Waals surface area contributed by atoms with Crippen LogP contribution in [-0.2, 0) is 4.74 Å². The predicted octanol–water partition coefficient (Wildman–Crippen LogP) is 2.75. The van der Waals surface area contributed by atoms with Gasteiger partial charge in [0.15, 0.2) is 0 Å². The van der Waals surface area contributed by atoms with Crippen molar-refractivity contribution >= 4 is 15.9 Å². The second kappa shape index (κ2) is 6.17. The van der Waals surface area contributed by atoms with E-state index in [0.29, 0.717) is 6.04 Å². The quantitative estimate of drug-likeness (QED) is 0.820. The largest absolute Gasteiger partial charge is 0.383 e. The first-order chi connectivity index (χ1) is 6.74. The summed E-state index contributed by atoms with van der Waals surface area (Å²) < 4.78 is 6.09. The van der Waals surface area contributed by atoms with Crippen LogP contribution in [0.1, 0.15) is 18.5 Å². The van der Waals surface area contributed by atoms with Crippen molar-refractivity contribution in [3.8, 4) is 0 Å². The average Bonchev–Trinajstić information content (AvgIpc) is 2.19. The summed E-state index contributed by atoms with van der Waals surface area (Å²) >= 11 is 3.42. The van der Waals surface area contributed by atoms with E-state index in [-0.39, 0.29) is 0 Å². The molecule has 0 aromatic heterocycles. The second-order valence-electron chi connectivity index (χ2n) is 3.22. The summed E-state index contributed by atoms with van der Waals surface area (Å²) in [5.74, 6) is 0. The van der Waals surface area contributed by atoms with Crippen LogP contribution >= 0.6 is 15.9 Å². The fraction of sp³-hybridized carbons (Fsp3) is 0.455. The van der Waals surface area contributed by atoms with Crippen molar-refractivity contribution in [1.29, 1.82) is 0 Å². The third-order valence-electron chi connectivity index (χ3n) is 2.13. The molecule has 0 bridgehead atoms. The predicted molar refractivity (Wildman–Crippen MR) is 62.4 cm³/mol. The maximum absolute atomic E-state index is 4.98. The molecule has 78 valence electrons. The van der Waals surface area contributed by atoms with E-state index in [4.69, 9.17) is 4.74 Å². The van der Waals surface area contributed by atoms with Gasteiger partial charge in [0.2, 0.25) is 0 Å². The summed E-state index contributed by atoms with van der Waals surface area (Å²) in [7, 11) is 1.71. The number of ether oxygens (including phenoxy) is 1. The number of nitrogens with one attached hydrogen (secondary N) is 1. The van der Waals surface area contributed by atoms with Crippen molar-refractivity contribution in [2.24, 2.45) is 0 Å². The number of hydrogen-bond acceptors (Lipinski definition) is 2. The molecule has 0 saturated heterocycles. The number of rotatable bonds is 5. The molecule has 0 amide bonds. The van der Waals surface area contributed by atoms with Crippen LogP contribution in [-0.4, -0.2) is 20.3 Å². The van der Waals surface area contributed by atoms with Crippen molar-refractivity contribution in [3.63, 3.8) is 0 Å². The van der Waals surface area contributed by atoms with Gasteiger partial charge in [-0.3, -0.25) is 0 Å². The number of halogens is 1. The van der Waals surface area contributed by atoms with E-state index in [1.807, 2.05) is 0 Å². The Morgan fingerprint density at radius 3 is 2.57 bits per heavy atom. The number of hydrogen-bond donors (Lipinski definition) is 1. The average molecular weight is 258 g/mol. The first kappa shape index (κ1) is 11.7. The van der Waals surface area contributed by atoms with Crippen LogP contribution < -0.4 is 5.32 Å². The van der Waals surface area contributed by atoms with Gasteiger partial charge in [-0.25, -0.2) is 0 Å². The summed E-state index contributed by atoms with van der Waals surface area (Å²) in [6.07, 6.45) is 0. The fourth-order valence-electron chi connectivity index (χ4n) is 1.25. The molecule has 0 spiro atoms. The molecule has 14 heavy (non-hydrogen) atoms. The molecule has 0 aliphatic carbocycles. The molecule has 1 aromatic carbocycles. The van der Waals surface area contributed by atoms with E-state index in [1.54, 1.807) is 7.11 Å². The SMILES string of the molecule is COCCN[C@H](C)c1ccc(Br)cc1. The van der Waals surface area contributed by atoms with E-state index in [1.165, 1.54) is 5.56 Å². The molecule has 0 heterocycles. The highest BCUT2D eigenvalue weighted by molar-refractivity contribution is 9.10. The Hall–Kier alpha value is -0.380. The Bertz CT molecular complexity index is 260. The summed E-state index contributed by atoms with van der Waals surface area (Å²) in [5.41, 5.74) is 1.30. The fourth-order valence-corrected chi connectivity index (χ4v) is 1.51. The van der Waals surface area contributed by atoms with Gasteiger partial charge in [0.1, 0.15) is 0 Å². The van der Waals surface area contributed by atoms with Gasteiger partial charge in [-0.05, 0) is 24.6 Å². The normalized spacial score (nSPS) is 12.8. The van der Waals surface area contributed by atoms with E-state index in [2.05, 4.69) is 52.4 Å². The van der Waals surface area contributed by atoms with Crippen LogP contribution in [0.25, 0.3) is 0 Å². The lowest BCUT2D eigenvalue weighted by atomic mass is 10.1. The van der Waals surface area contributed by atoms with Gasteiger partial charge in [0.25, 0.3) is 0 Å². The van der Waals surface area contributed by atoms with Crippen molar-refractivity contribution in [2.75, 3.05) is 20.3 Å². The highest BCUT2D eigenvalue weighted by Crippen LogP contribution is 2.15. The van der Waals surface area contributed by atoms with Crippen LogP contribution in [0.15, 0.2) is 28.7 Å². The maximum Gasteiger partial charge on any atom is 0.0587 e. The summed E-state index contributed by atoms with van der Waals surface area (Å²) in [6.45, 7) is 3.79. The smallest absolute Gasteiger partial charge is 0.0587 e. The molecule has 0 fully saturated rings. The molecule has 3 heteroatoms. The summed E-state index contributed by atoms with van der Waals surface area (Å²) in [5, 5.41) is 3.38. The Morgan fingerprint density at radius 1 is 1.36 bits per heavy atom. The number of methoxy groups -OCH3 is 1. The highest BCUT2D eigenvalue weighted by Gasteiger charge is 2.02. The first-order valence-corrected chi connectivity index (χ1v) is 5.51. The molecular formula is C11H16BrNO. The standard InChI is InChI=1S/C11H16BrNO/c1-9(13-7-8-14-2)10-3-5-11(12)6-4-10/h3-6,9,13H,7-8H2,1-2H3/t9-/m1/s1. The molecule has 0 unspecified atom stereocenters. The van der Waals surface area contributed by atoms with Crippen LogP contribution in [0.3, 0.4) is 0 Å². The molecule has 0 aliphatic heterocycles. The van der Waals surface area contributed by atoms with Gasteiger partial charge in [-0.1, -0.05) is 28.1 Å². The third kappa shape index (κ3) is 3.78. The van der Waals surface area contributed by atoms with Gasteiger partial charge < -0.3 is 10.1 Å². The highest BCUT2D eigenvalue weighted by atomic mass is 79.9.